The highest BCUT2D eigenvalue weighted by Gasteiger charge is 2.44. The van der Waals surface area contributed by atoms with E-state index in [1.54, 1.807) is 0 Å². The summed E-state index contributed by atoms with van der Waals surface area (Å²) < 4.78 is 0. The number of rotatable bonds is 2. The molecule has 3 amide bonds. The average Bonchev–Trinajstić information content (AvgIpc) is 2.42. The molecular formula is C13H13N3O5. The fourth-order valence-electron chi connectivity index (χ4n) is 2.07. The van der Waals surface area contributed by atoms with Gasteiger partial charge in [-0.05, 0) is 19.9 Å². The third-order valence-corrected chi connectivity index (χ3v) is 3.36. The molecule has 1 N–H and O–H groups in total. The van der Waals surface area contributed by atoms with Crippen molar-refractivity contribution in [2.45, 2.75) is 19.4 Å². The maximum atomic E-state index is 12.5. The Kier molecular flexibility index (Phi) is 3.46. The number of imide groups is 1. The number of amides is 3. The molecule has 0 radical (unpaired) electrons. The van der Waals surface area contributed by atoms with Crippen molar-refractivity contribution in [2.24, 2.45) is 0 Å². The van der Waals surface area contributed by atoms with Gasteiger partial charge in [-0.2, -0.15) is 0 Å². The molecule has 1 aliphatic heterocycles. The van der Waals surface area contributed by atoms with Gasteiger partial charge in [-0.25, -0.2) is 0 Å². The number of nitrogens with one attached hydrogen (secondary N) is 1. The van der Waals surface area contributed by atoms with E-state index in [0.717, 1.165) is 4.90 Å². The second-order valence-corrected chi connectivity index (χ2v) is 5.10. The van der Waals surface area contributed by atoms with Crippen LogP contribution in [0.1, 0.15) is 24.2 Å². The van der Waals surface area contributed by atoms with Gasteiger partial charge >= 0.3 is 0 Å². The topological polar surface area (TPSA) is 110 Å². The lowest BCUT2D eigenvalue weighted by molar-refractivity contribution is -0.385. The van der Waals surface area contributed by atoms with Crippen molar-refractivity contribution in [1.29, 1.82) is 0 Å². The van der Waals surface area contributed by atoms with Crippen LogP contribution in [0.5, 0.6) is 0 Å². The number of benzene rings is 1. The molecule has 1 aromatic rings. The van der Waals surface area contributed by atoms with E-state index in [1.807, 2.05) is 0 Å². The van der Waals surface area contributed by atoms with Gasteiger partial charge in [-0.15, -0.1) is 0 Å². The molecule has 1 aliphatic rings. The molecule has 1 aromatic carbocycles. The van der Waals surface area contributed by atoms with Gasteiger partial charge in [0.1, 0.15) is 17.6 Å². The Morgan fingerprint density at radius 2 is 1.95 bits per heavy atom. The minimum atomic E-state index is -1.27. The van der Waals surface area contributed by atoms with Crippen molar-refractivity contribution >= 4 is 23.4 Å². The summed E-state index contributed by atoms with van der Waals surface area (Å²) in [6.45, 7) is 2.62. The minimum Gasteiger partial charge on any atom is -0.315 e. The number of carbonyl (C=O) groups excluding carboxylic acids is 3. The number of para-hydroxylation sites is 1. The standard InChI is InChI=1S/C13H13N3O5/c1-13(2)12(19)14-10(17)7-15(13)11(18)8-5-3-4-6-9(8)16(20)21/h3-6H,7H2,1-2H3,(H,14,17,19). The average molecular weight is 291 g/mol. The van der Waals surface area contributed by atoms with Crippen LogP contribution in [0.25, 0.3) is 0 Å². The molecule has 1 saturated heterocycles. The Morgan fingerprint density at radius 3 is 2.57 bits per heavy atom. The fraction of sp³-hybridized carbons (Fsp3) is 0.308. The zero-order chi connectivity index (χ0) is 15.8. The molecule has 1 heterocycles. The molecule has 0 bridgehead atoms. The molecule has 0 unspecified atom stereocenters. The van der Waals surface area contributed by atoms with Crippen LogP contribution in [0.2, 0.25) is 0 Å². The molecule has 2 rings (SSSR count). The quantitative estimate of drug-likeness (QED) is 0.484. The summed E-state index contributed by atoms with van der Waals surface area (Å²) in [5, 5.41) is 13.1. The van der Waals surface area contributed by atoms with E-state index in [0.29, 0.717) is 0 Å². The lowest BCUT2D eigenvalue weighted by Gasteiger charge is -2.39. The minimum absolute atomic E-state index is 0.155. The number of carbonyl (C=O) groups is 3. The van der Waals surface area contributed by atoms with E-state index in [2.05, 4.69) is 5.32 Å². The summed E-state index contributed by atoms with van der Waals surface area (Å²) >= 11 is 0. The van der Waals surface area contributed by atoms with Crippen LogP contribution in [-0.2, 0) is 9.59 Å². The molecule has 0 aromatic heterocycles. The molecular weight excluding hydrogens is 278 g/mol. The third kappa shape index (κ3) is 2.47. The van der Waals surface area contributed by atoms with Gasteiger partial charge < -0.3 is 4.90 Å². The first kappa shape index (κ1) is 14.6. The number of piperazine rings is 1. The first-order valence-electron chi connectivity index (χ1n) is 6.15. The van der Waals surface area contributed by atoms with Gasteiger partial charge in [0.05, 0.1) is 4.92 Å². The second-order valence-electron chi connectivity index (χ2n) is 5.10. The summed E-state index contributed by atoms with van der Waals surface area (Å²) in [7, 11) is 0. The van der Waals surface area contributed by atoms with E-state index in [9.17, 15) is 24.5 Å². The molecule has 0 saturated carbocycles. The Bertz CT molecular complexity index is 653. The van der Waals surface area contributed by atoms with E-state index in [-0.39, 0.29) is 17.8 Å². The van der Waals surface area contributed by atoms with Crippen molar-refractivity contribution in [3.05, 3.63) is 39.9 Å². The monoisotopic (exact) mass is 291 g/mol. The van der Waals surface area contributed by atoms with Gasteiger partial charge in [0.2, 0.25) is 5.91 Å². The third-order valence-electron chi connectivity index (χ3n) is 3.36. The first-order chi connectivity index (χ1) is 9.75. The maximum absolute atomic E-state index is 12.5. The molecule has 0 atom stereocenters. The molecule has 0 spiro atoms. The van der Waals surface area contributed by atoms with Crippen LogP contribution in [-0.4, -0.2) is 39.6 Å². The molecule has 8 heteroatoms. The predicted octanol–water partition coefficient (Wildman–Crippen LogP) is 0.472. The lowest BCUT2D eigenvalue weighted by Crippen LogP contribution is -2.65. The van der Waals surface area contributed by atoms with Gasteiger partial charge in [-0.1, -0.05) is 12.1 Å². The van der Waals surface area contributed by atoms with Crippen molar-refractivity contribution in [1.82, 2.24) is 10.2 Å². The first-order valence-corrected chi connectivity index (χ1v) is 6.15. The Labute approximate surface area is 119 Å². The SMILES string of the molecule is CC1(C)C(=O)NC(=O)CN1C(=O)c1ccccc1[N+](=O)[O-]. The van der Waals surface area contributed by atoms with E-state index >= 15 is 0 Å². The molecule has 110 valence electrons. The van der Waals surface area contributed by atoms with Gasteiger partial charge in [0, 0.05) is 6.07 Å². The second kappa shape index (κ2) is 4.97. The van der Waals surface area contributed by atoms with Crippen LogP contribution in [0.4, 0.5) is 5.69 Å². The Hall–Kier alpha value is -2.77. The van der Waals surface area contributed by atoms with Crippen LogP contribution in [0.3, 0.4) is 0 Å². The molecule has 1 fully saturated rings. The van der Waals surface area contributed by atoms with Crippen LogP contribution in [0.15, 0.2) is 24.3 Å². The van der Waals surface area contributed by atoms with Crippen LogP contribution < -0.4 is 5.32 Å². The predicted molar refractivity (Wildman–Crippen MR) is 71.4 cm³/mol. The van der Waals surface area contributed by atoms with Crippen molar-refractivity contribution in [2.75, 3.05) is 6.54 Å². The van der Waals surface area contributed by atoms with Gasteiger partial charge in [-0.3, -0.25) is 29.8 Å². The van der Waals surface area contributed by atoms with Crippen LogP contribution >= 0.6 is 0 Å². The Balaban J connectivity index is 2.46. The lowest BCUT2D eigenvalue weighted by atomic mass is 9.97. The fourth-order valence-corrected chi connectivity index (χ4v) is 2.07. The number of hydrogen-bond acceptors (Lipinski definition) is 5. The van der Waals surface area contributed by atoms with E-state index in [4.69, 9.17) is 0 Å². The van der Waals surface area contributed by atoms with Crippen molar-refractivity contribution < 1.29 is 19.3 Å². The summed E-state index contributed by atoms with van der Waals surface area (Å²) in [6, 6.07) is 5.42. The zero-order valence-corrected chi connectivity index (χ0v) is 11.5. The highest BCUT2D eigenvalue weighted by atomic mass is 16.6. The summed E-state index contributed by atoms with van der Waals surface area (Å²) in [6.07, 6.45) is 0. The van der Waals surface area contributed by atoms with Crippen molar-refractivity contribution in [3.8, 4) is 0 Å². The molecule has 8 nitrogen and oxygen atoms in total. The van der Waals surface area contributed by atoms with Gasteiger partial charge in [0.25, 0.3) is 17.5 Å². The van der Waals surface area contributed by atoms with Crippen molar-refractivity contribution in [3.63, 3.8) is 0 Å². The molecule has 21 heavy (non-hydrogen) atoms. The number of nitrogens with zero attached hydrogens (tertiary/aromatic N) is 2. The number of nitro groups is 1. The highest BCUT2D eigenvalue weighted by Crippen LogP contribution is 2.25. The van der Waals surface area contributed by atoms with Gasteiger partial charge in [0.15, 0.2) is 0 Å². The van der Waals surface area contributed by atoms with E-state index < -0.39 is 28.2 Å². The smallest absolute Gasteiger partial charge is 0.282 e. The highest BCUT2D eigenvalue weighted by molar-refractivity contribution is 6.09. The largest absolute Gasteiger partial charge is 0.315 e. The summed E-state index contributed by atoms with van der Waals surface area (Å²) in [5.41, 5.74) is -1.79. The molecule has 0 aliphatic carbocycles. The summed E-state index contributed by atoms with van der Waals surface area (Å²) in [5.74, 6) is -1.97. The number of nitro benzene ring substituents is 1. The Morgan fingerprint density at radius 1 is 1.33 bits per heavy atom. The maximum Gasteiger partial charge on any atom is 0.282 e. The summed E-state index contributed by atoms with van der Waals surface area (Å²) in [4.78, 5) is 47.2. The van der Waals surface area contributed by atoms with Crippen LogP contribution in [0, 0.1) is 10.1 Å². The van der Waals surface area contributed by atoms with E-state index in [1.165, 1.54) is 38.1 Å². The zero-order valence-electron chi connectivity index (χ0n) is 11.5. The number of hydrogen-bond donors (Lipinski definition) is 1. The normalized spacial score (nSPS) is 17.3.